The monoisotopic (exact) mass is 384 g/mol. The van der Waals surface area contributed by atoms with E-state index in [9.17, 15) is 19.1 Å². The lowest BCUT2D eigenvalue weighted by Gasteiger charge is -2.17. The van der Waals surface area contributed by atoms with Crippen molar-refractivity contribution in [2.45, 2.75) is 39.7 Å². The van der Waals surface area contributed by atoms with E-state index in [2.05, 4.69) is 0 Å². The van der Waals surface area contributed by atoms with E-state index in [-0.39, 0.29) is 45.4 Å². The number of aryl methyl sites for hydroxylation is 1. The predicted molar refractivity (Wildman–Crippen MR) is 105 cm³/mol. The molecule has 0 aliphatic heterocycles. The molecule has 0 saturated heterocycles. The molecule has 1 aliphatic rings. The van der Waals surface area contributed by atoms with Crippen molar-refractivity contribution < 1.29 is 14.3 Å². The summed E-state index contributed by atoms with van der Waals surface area (Å²) < 4.78 is 17.5. The van der Waals surface area contributed by atoms with Crippen molar-refractivity contribution in [1.29, 1.82) is 0 Å². The summed E-state index contributed by atoms with van der Waals surface area (Å²) in [5.41, 5.74) is 13.4. The third kappa shape index (κ3) is 2.33. The number of anilines is 1. The first-order valence-corrected chi connectivity index (χ1v) is 9.00. The Morgan fingerprint density at radius 1 is 1.21 bits per heavy atom. The molecule has 8 heteroatoms. The van der Waals surface area contributed by atoms with Gasteiger partial charge < -0.3 is 21.1 Å². The molecule has 1 aliphatic carbocycles. The van der Waals surface area contributed by atoms with Gasteiger partial charge in [0.05, 0.1) is 22.2 Å². The van der Waals surface area contributed by atoms with E-state index < -0.39 is 11.7 Å². The second-order valence-corrected chi connectivity index (χ2v) is 7.39. The van der Waals surface area contributed by atoms with Crippen LogP contribution in [0.5, 0.6) is 5.75 Å². The number of nitrogen functional groups attached to an aromatic ring is 1. The van der Waals surface area contributed by atoms with Gasteiger partial charge >= 0.3 is 0 Å². The normalized spacial score (nSPS) is 14.0. The number of nitrogens with two attached hydrogens (primary N) is 2. The van der Waals surface area contributed by atoms with Crippen LogP contribution in [0.1, 0.15) is 46.1 Å². The fourth-order valence-corrected chi connectivity index (χ4v) is 3.98. The third-order valence-electron chi connectivity index (χ3n) is 5.50. The average Bonchev–Trinajstić information content (AvgIpc) is 3.39. The van der Waals surface area contributed by atoms with Crippen LogP contribution in [0.25, 0.3) is 16.6 Å². The Balaban J connectivity index is 2.23. The van der Waals surface area contributed by atoms with Gasteiger partial charge in [-0.25, -0.2) is 4.39 Å². The van der Waals surface area contributed by atoms with Gasteiger partial charge in [0, 0.05) is 28.9 Å². The molecular formula is C20H21FN4O3. The highest BCUT2D eigenvalue weighted by molar-refractivity contribution is 6.11. The van der Waals surface area contributed by atoms with E-state index in [1.165, 1.54) is 4.57 Å². The molecule has 4 rings (SSSR count). The van der Waals surface area contributed by atoms with E-state index in [0.29, 0.717) is 16.8 Å². The largest absolute Gasteiger partial charge is 0.507 e. The predicted octanol–water partition coefficient (Wildman–Crippen LogP) is 2.58. The van der Waals surface area contributed by atoms with E-state index in [0.717, 1.165) is 18.9 Å². The van der Waals surface area contributed by atoms with Crippen LogP contribution in [-0.4, -0.2) is 20.1 Å². The topological polar surface area (TPSA) is 116 Å². The van der Waals surface area contributed by atoms with Crippen LogP contribution < -0.4 is 17.0 Å². The minimum Gasteiger partial charge on any atom is -0.507 e. The Morgan fingerprint density at radius 2 is 1.86 bits per heavy atom. The number of halogens is 1. The van der Waals surface area contributed by atoms with Gasteiger partial charge in [0.1, 0.15) is 17.4 Å². The maximum absolute atomic E-state index is 14.4. The van der Waals surface area contributed by atoms with Crippen molar-refractivity contribution in [2.24, 2.45) is 5.73 Å². The Bertz CT molecular complexity index is 1210. The SMILES string of the molecule is Cc1c(O)cc(F)c(C)c1-n1c(N)c(C(N)=O)c2c(=O)n(C3CC3)c(C)cc21. The summed E-state index contributed by atoms with van der Waals surface area (Å²) in [4.78, 5) is 25.4. The molecule has 0 bridgehead atoms. The zero-order valence-corrected chi connectivity index (χ0v) is 15.8. The maximum atomic E-state index is 14.4. The number of fused-ring (bicyclic) bond motifs is 1. The highest BCUT2D eigenvalue weighted by Crippen LogP contribution is 2.39. The van der Waals surface area contributed by atoms with Crippen LogP contribution in [0.2, 0.25) is 0 Å². The van der Waals surface area contributed by atoms with Gasteiger partial charge in [0.2, 0.25) is 0 Å². The molecule has 28 heavy (non-hydrogen) atoms. The zero-order chi connectivity index (χ0) is 20.5. The van der Waals surface area contributed by atoms with Crippen LogP contribution in [0, 0.1) is 26.6 Å². The summed E-state index contributed by atoms with van der Waals surface area (Å²) in [6.07, 6.45) is 1.79. The van der Waals surface area contributed by atoms with Crippen LogP contribution >= 0.6 is 0 Å². The third-order valence-corrected chi connectivity index (χ3v) is 5.50. The number of hydrogen-bond acceptors (Lipinski definition) is 4. The van der Waals surface area contributed by atoms with E-state index in [1.54, 1.807) is 31.4 Å². The number of hydrogen-bond donors (Lipinski definition) is 3. The number of pyridine rings is 1. The minimum atomic E-state index is -0.833. The molecule has 0 unspecified atom stereocenters. The number of nitrogens with zero attached hydrogens (tertiary/aromatic N) is 2. The van der Waals surface area contributed by atoms with E-state index in [4.69, 9.17) is 11.5 Å². The smallest absolute Gasteiger partial charge is 0.261 e. The minimum absolute atomic E-state index is 0.0521. The molecule has 0 radical (unpaired) electrons. The number of primary amides is 1. The Kier molecular flexibility index (Phi) is 3.78. The molecule has 1 amide bonds. The Morgan fingerprint density at radius 3 is 2.43 bits per heavy atom. The summed E-state index contributed by atoms with van der Waals surface area (Å²) in [7, 11) is 0. The number of carbonyl (C=O) groups excluding carboxylic acids is 1. The molecule has 7 nitrogen and oxygen atoms in total. The lowest BCUT2D eigenvalue weighted by Crippen LogP contribution is -2.23. The van der Waals surface area contributed by atoms with Crippen molar-refractivity contribution in [3.63, 3.8) is 0 Å². The first-order chi connectivity index (χ1) is 13.1. The van der Waals surface area contributed by atoms with Gasteiger partial charge in [0.25, 0.3) is 11.5 Å². The fraction of sp³-hybridized carbons (Fsp3) is 0.300. The van der Waals surface area contributed by atoms with Crippen LogP contribution in [0.3, 0.4) is 0 Å². The van der Waals surface area contributed by atoms with Gasteiger partial charge in [-0.2, -0.15) is 0 Å². The molecular weight excluding hydrogens is 363 g/mol. The highest BCUT2D eigenvalue weighted by atomic mass is 19.1. The zero-order valence-electron chi connectivity index (χ0n) is 15.8. The molecule has 3 aromatic rings. The number of phenolic OH excluding ortho intramolecular Hbond substituents is 1. The van der Waals surface area contributed by atoms with Crippen LogP contribution in [0.4, 0.5) is 10.2 Å². The van der Waals surface area contributed by atoms with Crippen molar-refractivity contribution in [3.8, 4) is 11.4 Å². The number of rotatable bonds is 3. The lowest BCUT2D eigenvalue weighted by molar-refractivity contribution is 0.100. The molecule has 1 saturated carbocycles. The summed E-state index contributed by atoms with van der Waals surface area (Å²) in [5, 5.41) is 10.2. The van der Waals surface area contributed by atoms with Gasteiger partial charge in [0.15, 0.2) is 0 Å². The molecule has 0 spiro atoms. The number of carbonyl (C=O) groups is 1. The Labute approximate surface area is 160 Å². The van der Waals surface area contributed by atoms with E-state index in [1.807, 2.05) is 0 Å². The molecule has 2 aromatic heterocycles. The summed E-state index contributed by atoms with van der Waals surface area (Å²) >= 11 is 0. The van der Waals surface area contributed by atoms with Crippen LogP contribution in [0.15, 0.2) is 16.9 Å². The second kappa shape index (κ2) is 5.85. The summed E-state index contributed by atoms with van der Waals surface area (Å²) in [6.45, 7) is 4.97. The van der Waals surface area contributed by atoms with Crippen molar-refractivity contribution in [2.75, 3.05) is 5.73 Å². The Hall–Kier alpha value is -3.29. The van der Waals surface area contributed by atoms with Gasteiger partial charge in [-0.1, -0.05) is 0 Å². The standard InChI is InChI=1S/C20H21FN4O3/c1-8-6-13-15(20(28)24(8)11-4-5-11)16(19(23)27)18(22)25(13)17-9(2)12(21)7-14(26)10(17)3/h6-7,11,26H,4-5,22H2,1-3H3,(H2,23,27). The number of benzene rings is 1. The maximum Gasteiger partial charge on any atom is 0.261 e. The van der Waals surface area contributed by atoms with Gasteiger partial charge in [-0.05, 0) is 39.7 Å². The molecule has 2 heterocycles. The second-order valence-electron chi connectivity index (χ2n) is 7.39. The van der Waals surface area contributed by atoms with Crippen molar-refractivity contribution >= 4 is 22.6 Å². The first kappa shape index (κ1) is 18.1. The molecule has 0 atom stereocenters. The van der Waals surface area contributed by atoms with E-state index >= 15 is 0 Å². The fourth-order valence-electron chi connectivity index (χ4n) is 3.98. The number of amides is 1. The highest BCUT2D eigenvalue weighted by Gasteiger charge is 2.31. The number of aromatic nitrogens is 2. The first-order valence-electron chi connectivity index (χ1n) is 9.00. The number of aromatic hydroxyl groups is 1. The lowest BCUT2D eigenvalue weighted by atomic mass is 10.1. The van der Waals surface area contributed by atoms with Crippen LogP contribution in [-0.2, 0) is 0 Å². The van der Waals surface area contributed by atoms with Crippen molar-refractivity contribution in [3.05, 3.63) is 50.7 Å². The van der Waals surface area contributed by atoms with Gasteiger partial charge in [-0.15, -0.1) is 0 Å². The number of phenols is 1. The molecule has 1 aromatic carbocycles. The quantitative estimate of drug-likeness (QED) is 0.643. The average molecular weight is 384 g/mol. The van der Waals surface area contributed by atoms with Gasteiger partial charge in [-0.3, -0.25) is 14.2 Å². The molecule has 1 fully saturated rings. The molecule has 5 N–H and O–H groups in total. The van der Waals surface area contributed by atoms with Crippen molar-refractivity contribution in [1.82, 2.24) is 9.13 Å². The molecule has 146 valence electrons. The summed E-state index contributed by atoms with van der Waals surface area (Å²) in [6, 6.07) is 2.87. The summed E-state index contributed by atoms with van der Waals surface area (Å²) in [5.74, 6) is -1.75.